The SMILES string of the molecule is Cc1nc(Nc2ccc(C(=O)NCCC(=O)O)cc2)c2c3c(sc2n1)CCC3. The van der Waals surface area contributed by atoms with E-state index in [4.69, 9.17) is 5.11 Å². The van der Waals surface area contributed by atoms with E-state index in [0.29, 0.717) is 5.56 Å². The maximum atomic E-state index is 12.1. The molecule has 4 rings (SSSR count). The summed E-state index contributed by atoms with van der Waals surface area (Å²) in [6, 6.07) is 7.06. The number of amides is 1. The number of anilines is 2. The molecule has 0 atom stereocenters. The molecule has 0 saturated heterocycles. The van der Waals surface area contributed by atoms with Crippen molar-refractivity contribution in [3.8, 4) is 0 Å². The average molecular weight is 396 g/mol. The Bertz CT molecular complexity index is 1060. The second-order valence-corrected chi connectivity index (χ2v) is 7.84. The van der Waals surface area contributed by atoms with Crippen LogP contribution in [0.4, 0.5) is 11.5 Å². The standard InChI is InChI=1S/C20H20N4O3S/c1-11-22-18(17-14-3-2-4-15(14)28-20(17)23-11)24-13-7-5-12(6-8-13)19(27)21-10-9-16(25)26/h5-8H,2-4,9-10H2,1H3,(H,21,27)(H,25,26)(H,22,23,24). The molecule has 0 fully saturated rings. The van der Waals surface area contributed by atoms with Gasteiger partial charge in [-0.15, -0.1) is 11.3 Å². The quantitative estimate of drug-likeness (QED) is 0.590. The Morgan fingerprint density at radius 3 is 2.71 bits per heavy atom. The van der Waals surface area contributed by atoms with Gasteiger partial charge in [0.25, 0.3) is 5.91 Å². The van der Waals surface area contributed by atoms with E-state index < -0.39 is 5.97 Å². The lowest BCUT2D eigenvalue weighted by Gasteiger charge is -2.10. The number of rotatable bonds is 6. The highest BCUT2D eigenvalue weighted by molar-refractivity contribution is 7.19. The molecule has 2 heterocycles. The zero-order chi connectivity index (χ0) is 19.7. The number of hydrogen-bond acceptors (Lipinski definition) is 6. The minimum atomic E-state index is -0.939. The number of carbonyl (C=O) groups is 2. The van der Waals surface area contributed by atoms with E-state index in [9.17, 15) is 9.59 Å². The molecular weight excluding hydrogens is 376 g/mol. The highest BCUT2D eigenvalue weighted by atomic mass is 32.1. The highest BCUT2D eigenvalue weighted by Gasteiger charge is 2.22. The second kappa shape index (κ2) is 7.55. The minimum absolute atomic E-state index is 0.0978. The van der Waals surface area contributed by atoms with Gasteiger partial charge >= 0.3 is 5.97 Å². The van der Waals surface area contributed by atoms with Gasteiger partial charge < -0.3 is 15.7 Å². The number of carboxylic acids is 1. The van der Waals surface area contributed by atoms with Crippen molar-refractivity contribution in [3.05, 3.63) is 46.1 Å². The van der Waals surface area contributed by atoms with Crippen molar-refractivity contribution < 1.29 is 14.7 Å². The summed E-state index contributed by atoms with van der Waals surface area (Å²) in [5.74, 6) is 0.305. The fourth-order valence-electron chi connectivity index (χ4n) is 3.42. The van der Waals surface area contributed by atoms with Crippen molar-refractivity contribution in [3.63, 3.8) is 0 Å². The van der Waals surface area contributed by atoms with E-state index in [0.717, 1.165) is 40.4 Å². The molecule has 0 spiro atoms. The third-order valence-corrected chi connectivity index (χ3v) is 5.90. The van der Waals surface area contributed by atoms with Gasteiger partial charge in [-0.1, -0.05) is 0 Å². The van der Waals surface area contributed by atoms with E-state index in [1.54, 1.807) is 23.5 Å². The molecule has 7 nitrogen and oxygen atoms in total. The first-order valence-corrected chi connectivity index (χ1v) is 9.99. The van der Waals surface area contributed by atoms with Gasteiger partial charge in [0.1, 0.15) is 16.5 Å². The second-order valence-electron chi connectivity index (χ2n) is 6.76. The minimum Gasteiger partial charge on any atom is -0.481 e. The van der Waals surface area contributed by atoms with E-state index in [1.807, 2.05) is 19.1 Å². The largest absolute Gasteiger partial charge is 0.481 e. The van der Waals surface area contributed by atoms with E-state index in [-0.39, 0.29) is 18.9 Å². The number of nitrogens with one attached hydrogen (secondary N) is 2. The fraction of sp³-hybridized carbons (Fsp3) is 0.300. The van der Waals surface area contributed by atoms with Gasteiger partial charge in [-0.25, -0.2) is 9.97 Å². The summed E-state index contributed by atoms with van der Waals surface area (Å²) < 4.78 is 0. The maximum Gasteiger partial charge on any atom is 0.305 e. The lowest BCUT2D eigenvalue weighted by molar-refractivity contribution is -0.136. The third kappa shape index (κ3) is 3.68. The van der Waals surface area contributed by atoms with Crippen LogP contribution >= 0.6 is 11.3 Å². The summed E-state index contributed by atoms with van der Waals surface area (Å²) in [5, 5.41) is 15.7. The van der Waals surface area contributed by atoms with E-state index in [1.165, 1.54) is 16.9 Å². The molecule has 28 heavy (non-hydrogen) atoms. The Balaban J connectivity index is 1.54. The first-order valence-electron chi connectivity index (χ1n) is 9.17. The van der Waals surface area contributed by atoms with Gasteiger partial charge in [-0.3, -0.25) is 9.59 Å². The molecule has 0 unspecified atom stereocenters. The molecule has 144 valence electrons. The van der Waals surface area contributed by atoms with Crippen LogP contribution in [-0.4, -0.2) is 33.5 Å². The number of aliphatic carboxylic acids is 1. The molecule has 1 aliphatic carbocycles. The van der Waals surface area contributed by atoms with Crippen LogP contribution in [0.5, 0.6) is 0 Å². The van der Waals surface area contributed by atoms with Crippen LogP contribution in [0, 0.1) is 6.92 Å². The number of hydrogen-bond donors (Lipinski definition) is 3. The van der Waals surface area contributed by atoms with Crippen LogP contribution < -0.4 is 10.6 Å². The highest BCUT2D eigenvalue weighted by Crippen LogP contribution is 2.40. The van der Waals surface area contributed by atoms with Crippen molar-refractivity contribution in [1.82, 2.24) is 15.3 Å². The number of aryl methyl sites for hydroxylation is 3. The van der Waals surface area contributed by atoms with Gasteiger partial charge in [-0.05, 0) is 56.0 Å². The Morgan fingerprint density at radius 1 is 1.18 bits per heavy atom. The molecule has 1 amide bonds. The van der Waals surface area contributed by atoms with Crippen LogP contribution in [0.1, 0.15) is 39.5 Å². The van der Waals surface area contributed by atoms with Crippen LogP contribution in [0.3, 0.4) is 0 Å². The Morgan fingerprint density at radius 2 is 1.96 bits per heavy atom. The molecular formula is C20H20N4O3S. The Labute approximate surface area is 165 Å². The number of fused-ring (bicyclic) bond motifs is 3. The fourth-order valence-corrected chi connectivity index (χ4v) is 4.73. The smallest absolute Gasteiger partial charge is 0.305 e. The van der Waals surface area contributed by atoms with E-state index in [2.05, 4.69) is 20.6 Å². The van der Waals surface area contributed by atoms with Gasteiger partial charge in [0, 0.05) is 22.7 Å². The lowest BCUT2D eigenvalue weighted by atomic mass is 10.1. The van der Waals surface area contributed by atoms with Gasteiger partial charge in [-0.2, -0.15) is 0 Å². The summed E-state index contributed by atoms with van der Waals surface area (Å²) in [7, 11) is 0. The Hall–Kier alpha value is -3.00. The summed E-state index contributed by atoms with van der Waals surface area (Å²) in [6.07, 6.45) is 3.25. The molecule has 2 aromatic heterocycles. The van der Waals surface area contributed by atoms with Crippen LogP contribution in [0.25, 0.3) is 10.2 Å². The molecule has 0 saturated carbocycles. The first kappa shape index (κ1) is 18.4. The number of carbonyl (C=O) groups excluding carboxylic acids is 1. The normalized spacial score (nSPS) is 12.8. The monoisotopic (exact) mass is 396 g/mol. The first-order chi connectivity index (χ1) is 13.5. The van der Waals surface area contributed by atoms with Crippen molar-refractivity contribution in [1.29, 1.82) is 0 Å². The van der Waals surface area contributed by atoms with E-state index >= 15 is 0 Å². The maximum absolute atomic E-state index is 12.1. The van der Waals surface area contributed by atoms with Crippen molar-refractivity contribution in [2.75, 3.05) is 11.9 Å². The van der Waals surface area contributed by atoms with Gasteiger partial charge in [0.05, 0.1) is 11.8 Å². The number of carboxylic acid groups (broad SMARTS) is 1. The summed E-state index contributed by atoms with van der Waals surface area (Å²) >= 11 is 1.76. The van der Waals surface area contributed by atoms with Gasteiger partial charge in [0.2, 0.25) is 0 Å². The zero-order valence-electron chi connectivity index (χ0n) is 15.4. The van der Waals surface area contributed by atoms with Gasteiger partial charge in [0.15, 0.2) is 0 Å². The van der Waals surface area contributed by atoms with Crippen molar-refractivity contribution >= 4 is 44.9 Å². The molecule has 1 aromatic carbocycles. The molecule has 1 aliphatic rings. The van der Waals surface area contributed by atoms with Crippen LogP contribution in [0.2, 0.25) is 0 Å². The number of nitrogens with zero attached hydrogens (tertiary/aromatic N) is 2. The summed E-state index contributed by atoms with van der Waals surface area (Å²) in [4.78, 5) is 34.2. The zero-order valence-corrected chi connectivity index (χ0v) is 16.2. The van der Waals surface area contributed by atoms with Crippen molar-refractivity contribution in [2.45, 2.75) is 32.6 Å². The summed E-state index contributed by atoms with van der Waals surface area (Å²) in [5.41, 5.74) is 2.67. The number of thiophene rings is 1. The topological polar surface area (TPSA) is 104 Å². The van der Waals surface area contributed by atoms with Crippen molar-refractivity contribution in [2.24, 2.45) is 0 Å². The van der Waals surface area contributed by atoms with Crippen LogP contribution in [0.15, 0.2) is 24.3 Å². The molecule has 8 heteroatoms. The molecule has 3 aromatic rings. The number of benzene rings is 1. The molecule has 0 radical (unpaired) electrons. The Kier molecular flexibility index (Phi) is 4.95. The third-order valence-electron chi connectivity index (χ3n) is 4.71. The number of aromatic nitrogens is 2. The average Bonchev–Trinajstić information content (AvgIpc) is 3.22. The lowest BCUT2D eigenvalue weighted by Crippen LogP contribution is -2.25. The molecule has 3 N–H and O–H groups in total. The summed E-state index contributed by atoms with van der Waals surface area (Å²) in [6.45, 7) is 2.00. The predicted octanol–water partition coefficient (Wildman–Crippen LogP) is 3.44. The molecule has 0 bridgehead atoms. The van der Waals surface area contributed by atoms with Crippen LogP contribution in [-0.2, 0) is 17.6 Å². The molecule has 0 aliphatic heterocycles. The predicted molar refractivity (Wildman–Crippen MR) is 108 cm³/mol.